The Balaban J connectivity index is 2.21. The molecule has 0 aromatic heterocycles. The summed E-state index contributed by atoms with van der Waals surface area (Å²) in [6, 6.07) is 12.6. The molecule has 0 unspecified atom stereocenters. The fourth-order valence-electron chi connectivity index (χ4n) is 2.00. The minimum atomic E-state index is -0.331. The summed E-state index contributed by atoms with van der Waals surface area (Å²) in [5.41, 5.74) is 1.92. The van der Waals surface area contributed by atoms with E-state index in [9.17, 15) is 4.39 Å². The molecule has 2 nitrogen and oxygen atoms in total. The van der Waals surface area contributed by atoms with Crippen molar-refractivity contribution >= 4 is 0 Å². The normalized spacial score (nSPS) is 10.6. The van der Waals surface area contributed by atoms with Gasteiger partial charge in [0.25, 0.3) is 0 Å². The SMILES string of the molecule is CCCNCc1cccc(F)c1Oc1cccc(C)c1. The number of hydrogen-bond donors (Lipinski definition) is 1. The van der Waals surface area contributed by atoms with Crippen molar-refractivity contribution in [3.63, 3.8) is 0 Å². The molecule has 0 atom stereocenters. The maximum Gasteiger partial charge on any atom is 0.167 e. The molecule has 0 radical (unpaired) electrons. The highest BCUT2D eigenvalue weighted by atomic mass is 19.1. The summed E-state index contributed by atoms with van der Waals surface area (Å²) in [7, 11) is 0. The van der Waals surface area contributed by atoms with E-state index in [1.165, 1.54) is 6.07 Å². The third-order valence-electron chi connectivity index (χ3n) is 3.00. The summed E-state index contributed by atoms with van der Waals surface area (Å²) in [6.45, 7) is 5.59. The molecule has 0 spiro atoms. The van der Waals surface area contributed by atoms with Crippen LogP contribution in [0, 0.1) is 12.7 Å². The second-order valence-electron chi connectivity index (χ2n) is 4.82. The van der Waals surface area contributed by atoms with Crippen LogP contribution in [0.25, 0.3) is 0 Å². The summed E-state index contributed by atoms with van der Waals surface area (Å²) in [5, 5.41) is 3.27. The van der Waals surface area contributed by atoms with Crippen LogP contribution in [0.5, 0.6) is 11.5 Å². The number of hydrogen-bond acceptors (Lipinski definition) is 2. The van der Waals surface area contributed by atoms with E-state index in [0.29, 0.717) is 18.0 Å². The molecule has 0 fully saturated rings. The Hall–Kier alpha value is -1.87. The van der Waals surface area contributed by atoms with Crippen LogP contribution < -0.4 is 10.1 Å². The third-order valence-corrected chi connectivity index (χ3v) is 3.00. The lowest BCUT2D eigenvalue weighted by atomic mass is 10.2. The van der Waals surface area contributed by atoms with E-state index in [0.717, 1.165) is 24.1 Å². The van der Waals surface area contributed by atoms with Gasteiger partial charge in [-0.25, -0.2) is 4.39 Å². The highest BCUT2D eigenvalue weighted by molar-refractivity contribution is 5.40. The van der Waals surface area contributed by atoms with Crippen LogP contribution in [-0.2, 0) is 6.54 Å². The Kier molecular flexibility index (Phi) is 5.13. The van der Waals surface area contributed by atoms with Gasteiger partial charge in [0, 0.05) is 12.1 Å². The lowest BCUT2D eigenvalue weighted by molar-refractivity contribution is 0.433. The summed E-state index contributed by atoms with van der Waals surface area (Å²) in [6.07, 6.45) is 1.05. The fourth-order valence-corrected chi connectivity index (χ4v) is 2.00. The van der Waals surface area contributed by atoms with E-state index in [1.54, 1.807) is 6.07 Å². The van der Waals surface area contributed by atoms with Gasteiger partial charge in [-0.05, 0) is 43.7 Å². The van der Waals surface area contributed by atoms with E-state index >= 15 is 0 Å². The molecular formula is C17H20FNO. The van der Waals surface area contributed by atoms with Crippen LogP contribution >= 0.6 is 0 Å². The predicted molar refractivity (Wildman–Crippen MR) is 79.7 cm³/mol. The zero-order valence-corrected chi connectivity index (χ0v) is 11.9. The van der Waals surface area contributed by atoms with Gasteiger partial charge in [0.05, 0.1) is 0 Å². The second kappa shape index (κ2) is 7.06. The lowest BCUT2D eigenvalue weighted by Gasteiger charge is -2.13. The Morgan fingerprint density at radius 3 is 2.70 bits per heavy atom. The number of aryl methyl sites for hydroxylation is 1. The van der Waals surface area contributed by atoms with Crippen molar-refractivity contribution in [2.24, 2.45) is 0 Å². The van der Waals surface area contributed by atoms with Gasteiger partial charge in [-0.15, -0.1) is 0 Å². The first-order chi connectivity index (χ1) is 9.70. The highest BCUT2D eigenvalue weighted by Crippen LogP contribution is 2.28. The Bertz CT molecular complexity index is 569. The van der Waals surface area contributed by atoms with Crippen molar-refractivity contribution in [2.75, 3.05) is 6.54 Å². The van der Waals surface area contributed by atoms with Crippen LogP contribution in [0.3, 0.4) is 0 Å². The topological polar surface area (TPSA) is 21.3 Å². The Morgan fingerprint density at radius 1 is 1.15 bits per heavy atom. The maximum atomic E-state index is 14.0. The van der Waals surface area contributed by atoms with E-state index < -0.39 is 0 Å². The molecule has 0 aliphatic carbocycles. The standard InChI is InChI=1S/C17H20FNO/c1-3-10-19-12-14-7-5-9-16(18)17(14)20-15-8-4-6-13(2)11-15/h4-9,11,19H,3,10,12H2,1-2H3. The second-order valence-corrected chi connectivity index (χ2v) is 4.82. The van der Waals surface area contributed by atoms with E-state index in [2.05, 4.69) is 12.2 Å². The predicted octanol–water partition coefficient (Wildman–Crippen LogP) is 4.43. The molecule has 0 saturated carbocycles. The number of nitrogens with one attached hydrogen (secondary N) is 1. The number of benzene rings is 2. The molecule has 0 saturated heterocycles. The molecule has 0 aliphatic rings. The van der Waals surface area contributed by atoms with Crippen molar-refractivity contribution in [3.05, 3.63) is 59.4 Å². The molecule has 106 valence electrons. The highest BCUT2D eigenvalue weighted by Gasteiger charge is 2.10. The van der Waals surface area contributed by atoms with Gasteiger partial charge < -0.3 is 10.1 Å². The van der Waals surface area contributed by atoms with E-state index in [4.69, 9.17) is 4.74 Å². The van der Waals surface area contributed by atoms with Gasteiger partial charge in [0.2, 0.25) is 0 Å². The molecule has 2 aromatic rings. The molecular weight excluding hydrogens is 253 g/mol. The molecule has 0 aliphatic heterocycles. The van der Waals surface area contributed by atoms with E-state index in [1.807, 2.05) is 37.3 Å². The number of ether oxygens (including phenoxy) is 1. The van der Waals surface area contributed by atoms with E-state index in [-0.39, 0.29) is 5.82 Å². The maximum absolute atomic E-state index is 14.0. The van der Waals surface area contributed by atoms with Gasteiger partial charge in [-0.3, -0.25) is 0 Å². The monoisotopic (exact) mass is 273 g/mol. The Morgan fingerprint density at radius 2 is 1.95 bits per heavy atom. The summed E-state index contributed by atoms with van der Waals surface area (Å²) < 4.78 is 19.7. The van der Waals surface area contributed by atoms with Gasteiger partial charge in [-0.2, -0.15) is 0 Å². The summed E-state index contributed by atoms with van der Waals surface area (Å²) in [4.78, 5) is 0. The molecule has 2 aromatic carbocycles. The van der Waals surface area contributed by atoms with Crippen LogP contribution in [0.15, 0.2) is 42.5 Å². The molecule has 3 heteroatoms. The minimum absolute atomic E-state index is 0.307. The molecule has 1 N–H and O–H groups in total. The quantitative estimate of drug-likeness (QED) is 0.786. The van der Waals surface area contributed by atoms with Gasteiger partial charge in [0.15, 0.2) is 11.6 Å². The first-order valence-corrected chi connectivity index (χ1v) is 6.93. The number of halogens is 1. The third kappa shape index (κ3) is 3.81. The smallest absolute Gasteiger partial charge is 0.167 e. The summed E-state index contributed by atoms with van der Waals surface area (Å²) in [5.74, 6) is 0.635. The molecule has 0 amide bonds. The van der Waals surface area contributed by atoms with Gasteiger partial charge in [0.1, 0.15) is 5.75 Å². The molecule has 20 heavy (non-hydrogen) atoms. The Labute approximate surface area is 119 Å². The molecule has 0 bridgehead atoms. The van der Waals surface area contributed by atoms with Crippen molar-refractivity contribution in [1.82, 2.24) is 5.32 Å². The van der Waals surface area contributed by atoms with Crippen molar-refractivity contribution in [1.29, 1.82) is 0 Å². The average Bonchev–Trinajstić information content (AvgIpc) is 2.43. The van der Waals surface area contributed by atoms with Crippen molar-refractivity contribution < 1.29 is 9.13 Å². The van der Waals surface area contributed by atoms with Crippen molar-refractivity contribution in [2.45, 2.75) is 26.8 Å². The van der Waals surface area contributed by atoms with Crippen LogP contribution in [0.1, 0.15) is 24.5 Å². The largest absolute Gasteiger partial charge is 0.454 e. The van der Waals surface area contributed by atoms with Crippen LogP contribution in [0.4, 0.5) is 4.39 Å². The summed E-state index contributed by atoms with van der Waals surface area (Å²) >= 11 is 0. The van der Waals surface area contributed by atoms with Crippen molar-refractivity contribution in [3.8, 4) is 11.5 Å². The number of rotatable bonds is 6. The van der Waals surface area contributed by atoms with Crippen LogP contribution in [0.2, 0.25) is 0 Å². The first-order valence-electron chi connectivity index (χ1n) is 6.93. The minimum Gasteiger partial charge on any atom is -0.454 e. The lowest BCUT2D eigenvalue weighted by Crippen LogP contribution is -2.14. The van der Waals surface area contributed by atoms with Gasteiger partial charge in [-0.1, -0.05) is 31.2 Å². The zero-order valence-electron chi connectivity index (χ0n) is 11.9. The fraction of sp³-hybridized carbons (Fsp3) is 0.294. The van der Waals surface area contributed by atoms with Crippen LogP contribution in [-0.4, -0.2) is 6.54 Å². The first kappa shape index (κ1) is 14.5. The average molecular weight is 273 g/mol. The molecule has 2 rings (SSSR count). The number of para-hydroxylation sites is 1. The molecule has 0 heterocycles. The van der Waals surface area contributed by atoms with Gasteiger partial charge >= 0.3 is 0 Å². The zero-order chi connectivity index (χ0) is 14.4.